The first-order valence-corrected chi connectivity index (χ1v) is 8.70. The molecule has 2 nitrogen and oxygen atoms in total. The fourth-order valence-electron chi connectivity index (χ4n) is 2.57. The van der Waals surface area contributed by atoms with Crippen molar-refractivity contribution in [2.24, 2.45) is 0 Å². The molecule has 0 amide bonds. The van der Waals surface area contributed by atoms with E-state index in [0.29, 0.717) is 0 Å². The minimum absolute atomic E-state index is 0. The lowest BCUT2D eigenvalue weighted by Gasteiger charge is -2.03. The second-order valence-corrected chi connectivity index (χ2v) is 6.33. The fraction of sp³-hybridized carbons (Fsp3) is 0. The van der Waals surface area contributed by atoms with Gasteiger partial charge in [0.25, 0.3) is 0 Å². The molecule has 1 heterocycles. The van der Waals surface area contributed by atoms with E-state index in [2.05, 4.69) is 64.2 Å². The van der Waals surface area contributed by atoms with E-state index < -0.39 is 0 Å². The number of hydrogen-bond donors (Lipinski definition) is 1. The molecule has 4 aromatic rings. The molecule has 0 aliphatic heterocycles. The van der Waals surface area contributed by atoms with Gasteiger partial charge in [-0.15, -0.1) is 28.3 Å². The number of aromatic nitrogens is 1. The third-order valence-corrected chi connectivity index (χ3v) is 4.57. The van der Waals surface area contributed by atoms with Gasteiger partial charge in [0.1, 0.15) is 0 Å². The van der Waals surface area contributed by atoms with Gasteiger partial charge in [0.15, 0.2) is 5.13 Å². The smallest absolute Gasteiger partial charge is 0.187 e. The van der Waals surface area contributed by atoms with Crippen LogP contribution in [0.1, 0.15) is 0 Å². The van der Waals surface area contributed by atoms with E-state index >= 15 is 0 Å². The number of nitrogens with one attached hydrogen (secondary N) is 1. The van der Waals surface area contributed by atoms with Gasteiger partial charge in [-0.1, -0.05) is 72.8 Å². The van der Waals surface area contributed by atoms with Crippen LogP contribution in [0.2, 0.25) is 0 Å². The second-order valence-electron chi connectivity index (χ2n) is 5.47. The topological polar surface area (TPSA) is 24.9 Å². The molecular formula is C21H17BrN2S. The van der Waals surface area contributed by atoms with Crippen molar-refractivity contribution in [3.63, 3.8) is 0 Å². The largest absolute Gasteiger partial charge is 0.332 e. The molecule has 4 rings (SSSR count). The van der Waals surface area contributed by atoms with Crippen molar-refractivity contribution < 1.29 is 0 Å². The monoisotopic (exact) mass is 408 g/mol. The van der Waals surface area contributed by atoms with Gasteiger partial charge in [-0.3, -0.25) is 0 Å². The van der Waals surface area contributed by atoms with E-state index in [-0.39, 0.29) is 17.0 Å². The van der Waals surface area contributed by atoms with Crippen LogP contribution >= 0.6 is 28.3 Å². The van der Waals surface area contributed by atoms with Crippen LogP contribution in [-0.2, 0) is 0 Å². The molecule has 0 saturated heterocycles. The zero-order chi connectivity index (χ0) is 16.2. The molecule has 4 heteroatoms. The lowest BCUT2D eigenvalue weighted by Crippen LogP contribution is -1.88. The van der Waals surface area contributed by atoms with Gasteiger partial charge in [0.05, 0.1) is 5.69 Å². The Hall–Kier alpha value is -2.43. The molecule has 124 valence electrons. The van der Waals surface area contributed by atoms with Gasteiger partial charge in [-0.05, 0) is 23.3 Å². The molecule has 1 N–H and O–H groups in total. The van der Waals surface area contributed by atoms with Gasteiger partial charge in [0.2, 0.25) is 0 Å². The Morgan fingerprint density at radius 3 is 1.88 bits per heavy atom. The molecule has 0 radical (unpaired) electrons. The van der Waals surface area contributed by atoms with E-state index in [4.69, 9.17) is 0 Å². The van der Waals surface area contributed by atoms with Gasteiger partial charge in [-0.2, -0.15) is 0 Å². The van der Waals surface area contributed by atoms with Crippen molar-refractivity contribution in [2.75, 3.05) is 5.32 Å². The van der Waals surface area contributed by atoms with Gasteiger partial charge in [-0.25, -0.2) is 4.98 Å². The summed E-state index contributed by atoms with van der Waals surface area (Å²) in [6, 6.07) is 29.1. The molecule has 0 aliphatic carbocycles. The van der Waals surface area contributed by atoms with E-state index in [9.17, 15) is 0 Å². The Balaban J connectivity index is 0.00000182. The molecule has 0 bridgehead atoms. The Bertz CT molecular complexity index is 919. The normalized spacial score (nSPS) is 10.1. The fourth-order valence-corrected chi connectivity index (χ4v) is 3.31. The summed E-state index contributed by atoms with van der Waals surface area (Å²) in [5.74, 6) is 0. The molecule has 0 unspecified atom stereocenters. The van der Waals surface area contributed by atoms with E-state index in [1.165, 1.54) is 11.1 Å². The number of thiazole rings is 1. The molecule has 0 saturated carbocycles. The average molecular weight is 409 g/mol. The van der Waals surface area contributed by atoms with Crippen LogP contribution in [0.5, 0.6) is 0 Å². The molecule has 0 atom stereocenters. The molecule has 0 fully saturated rings. The number of rotatable bonds is 4. The van der Waals surface area contributed by atoms with Gasteiger partial charge < -0.3 is 5.32 Å². The van der Waals surface area contributed by atoms with Gasteiger partial charge in [0, 0.05) is 16.6 Å². The number of nitrogens with zero attached hydrogens (tertiary/aromatic N) is 1. The zero-order valence-corrected chi connectivity index (χ0v) is 16.0. The third kappa shape index (κ3) is 4.16. The Morgan fingerprint density at radius 2 is 1.20 bits per heavy atom. The highest BCUT2D eigenvalue weighted by Gasteiger charge is 2.05. The maximum Gasteiger partial charge on any atom is 0.187 e. The quantitative estimate of drug-likeness (QED) is 0.401. The van der Waals surface area contributed by atoms with E-state index in [1.807, 2.05) is 36.4 Å². The van der Waals surface area contributed by atoms with E-state index in [1.54, 1.807) is 11.3 Å². The maximum atomic E-state index is 4.69. The van der Waals surface area contributed by atoms with E-state index in [0.717, 1.165) is 22.1 Å². The van der Waals surface area contributed by atoms with Crippen molar-refractivity contribution in [3.8, 4) is 22.4 Å². The molecule has 1 aromatic heterocycles. The molecule has 25 heavy (non-hydrogen) atoms. The number of para-hydroxylation sites is 1. The summed E-state index contributed by atoms with van der Waals surface area (Å²) in [4.78, 5) is 4.69. The summed E-state index contributed by atoms with van der Waals surface area (Å²) < 4.78 is 0. The average Bonchev–Trinajstić information content (AvgIpc) is 3.12. The minimum Gasteiger partial charge on any atom is -0.332 e. The minimum atomic E-state index is 0. The first-order valence-electron chi connectivity index (χ1n) is 7.82. The molecular weight excluding hydrogens is 392 g/mol. The van der Waals surface area contributed by atoms with Crippen LogP contribution in [0.4, 0.5) is 10.8 Å². The van der Waals surface area contributed by atoms with Crippen LogP contribution in [0.3, 0.4) is 0 Å². The van der Waals surface area contributed by atoms with Crippen LogP contribution in [0.25, 0.3) is 22.4 Å². The van der Waals surface area contributed by atoms with Crippen molar-refractivity contribution >= 4 is 39.1 Å². The third-order valence-electron chi connectivity index (χ3n) is 3.82. The highest BCUT2D eigenvalue weighted by atomic mass is 79.9. The highest BCUT2D eigenvalue weighted by molar-refractivity contribution is 8.93. The first-order chi connectivity index (χ1) is 11.9. The molecule has 0 spiro atoms. The maximum absolute atomic E-state index is 4.69. The van der Waals surface area contributed by atoms with Crippen LogP contribution in [0, 0.1) is 0 Å². The summed E-state index contributed by atoms with van der Waals surface area (Å²) in [6.07, 6.45) is 0. The highest BCUT2D eigenvalue weighted by Crippen LogP contribution is 2.29. The molecule has 3 aromatic carbocycles. The lowest BCUT2D eigenvalue weighted by atomic mass is 10.0. The summed E-state index contributed by atoms with van der Waals surface area (Å²) >= 11 is 1.62. The number of hydrogen-bond acceptors (Lipinski definition) is 3. The zero-order valence-electron chi connectivity index (χ0n) is 13.4. The summed E-state index contributed by atoms with van der Waals surface area (Å²) in [5, 5.41) is 6.33. The van der Waals surface area contributed by atoms with Crippen molar-refractivity contribution in [2.45, 2.75) is 0 Å². The predicted octanol–water partition coefficient (Wildman–Crippen LogP) is 6.80. The Morgan fingerprint density at radius 1 is 0.640 bits per heavy atom. The standard InChI is InChI=1S/C21H16N2S.BrH/c1-3-7-16(8-4-1)17-11-13-18(14-12-17)20-15-24-21(23-20)22-19-9-5-2-6-10-19;/h1-15H,(H,22,23);1H. The van der Waals surface area contributed by atoms with Crippen molar-refractivity contribution in [1.82, 2.24) is 4.98 Å². The van der Waals surface area contributed by atoms with Crippen molar-refractivity contribution in [3.05, 3.63) is 90.3 Å². The van der Waals surface area contributed by atoms with Gasteiger partial charge >= 0.3 is 0 Å². The number of halogens is 1. The van der Waals surface area contributed by atoms with Crippen molar-refractivity contribution in [1.29, 1.82) is 0 Å². The SMILES string of the molecule is Br.c1ccc(Nc2nc(-c3ccc(-c4ccccc4)cc3)cs2)cc1. The Labute approximate surface area is 162 Å². The Kier molecular flexibility index (Phi) is 5.64. The summed E-state index contributed by atoms with van der Waals surface area (Å²) in [6.45, 7) is 0. The predicted molar refractivity (Wildman–Crippen MR) is 113 cm³/mol. The van der Waals surface area contributed by atoms with Crippen LogP contribution in [-0.4, -0.2) is 4.98 Å². The van der Waals surface area contributed by atoms with Crippen LogP contribution in [0.15, 0.2) is 90.3 Å². The second kappa shape index (κ2) is 8.10. The summed E-state index contributed by atoms with van der Waals surface area (Å²) in [5.41, 5.74) is 5.63. The summed E-state index contributed by atoms with van der Waals surface area (Å²) in [7, 11) is 0. The first kappa shape index (κ1) is 17.4. The number of benzene rings is 3. The lowest BCUT2D eigenvalue weighted by molar-refractivity contribution is 1.38. The van der Waals surface area contributed by atoms with Crippen LogP contribution < -0.4 is 5.32 Å². The molecule has 0 aliphatic rings. The number of anilines is 2.